The van der Waals surface area contributed by atoms with Crippen LogP contribution in [0.2, 0.25) is 0 Å². The van der Waals surface area contributed by atoms with Crippen molar-refractivity contribution in [3.05, 3.63) is 17.1 Å². The molecule has 13 heteroatoms. The zero-order valence-electron chi connectivity index (χ0n) is 17.9. The SMILES string of the molecule is CO[C@H]1C(=S)N2C(C(=O)C(C)(C)C)=C(C)C(c3nnnn3CCCC(=O)O)S(=O)(=O)[C@H]12. The third kappa shape index (κ3) is 3.78. The number of nitrogens with zero attached hydrogens (tertiary/aromatic N) is 5. The first-order chi connectivity index (χ1) is 14.3. The Morgan fingerprint density at radius 3 is 2.48 bits per heavy atom. The van der Waals surface area contributed by atoms with E-state index in [9.17, 15) is 18.0 Å². The first-order valence-electron chi connectivity index (χ1n) is 9.66. The van der Waals surface area contributed by atoms with Gasteiger partial charge in [-0.3, -0.25) is 9.59 Å². The molecule has 31 heavy (non-hydrogen) atoms. The van der Waals surface area contributed by atoms with Gasteiger partial charge in [-0.15, -0.1) is 5.10 Å². The highest BCUT2D eigenvalue weighted by Crippen LogP contribution is 2.48. The van der Waals surface area contributed by atoms with E-state index in [0.717, 1.165) is 0 Å². The van der Waals surface area contributed by atoms with Crippen molar-refractivity contribution >= 4 is 38.8 Å². The quantitative estimate of drug-likeness (QED) is 0.566. The first kappa shape index (κ1) is 23.4. The molecule has 1 unspecified atom stereocenters. The molecule has 0 aromatic carbocycles. The Bertz CT molecular complexity index is 1070. The lowest BCUT2D eigenvalue weighted by molar-refractivity contribution is -0.137. The van der Waals surface area contributed by atoms with Gasteiger partial charge in [0.25, 0.3) is 0 Å². The molecule has 0 aliphatic carbocycles. The molecule has 2 aliphatic heterocycles. The highest BCUT2D eigenvalue weighted by atomic mass is 32.2. The van der Waals surface area contributed by atoms with Gasteiger partial charge in [0.05, 0.1) is 5.70 Å². The number of ether oxygens (including phenoxy) is 1. The summed E-state index contributed by atoms with van der Waals surface area (Å²) in [6, 6.07) is 0. The number of carbonyl (C=O) groups is 2. The minimum Gasteiger partial charge on any atom is -0.481 e. The number of tetrazole rings is 1. The largest absolute Gasteiger partial charge is 0.481 e. The summed E-state index contributed by atoms with van der Waals surface area (Å²) in [4.78, 5) is 25.7. The van der Waals surface area contributed by atoms with Gasteiger partial charge in [0.2, 0.25) is 0 Å². The number of hydrogen-bond donors (Lipinski definition) is 1. The molecule has 0 spiro atoms. The maximum Gasteiger partial charge on any atom is 0.303 e. The topological polar surface area (TPSA) is 145 Å². The van der Waals surface area contributed by atoms with Crippen LogP contribution < -0.4 is 0 Å². The van der Waals surface area contributed by atoms with E-state index in [2.05, 4.69) is 15.5 Å². The number of carbonyl (C=O) groups excluding carboxylic acids is 1. The second-order valence-corrected chi connectivity index (χ2v) is 11.1. The molecule has 0 amide bonds. The molecule has 11 nitrogen and oxygen atoms in total. The Balaban J connectivity index is 2.16. The van der Waals surface area contributed by atoms with Gasteiger partial charge >= 0.3 is 5.97 Å². The summed E-state index contributed by atoms with van der Waals surface area (Å²) < 4.78 is 33.8. The number of methoxy groups -OCH3 is 1. The zero-order valence-corrected chi connectivity index (χ0v) is 19.5. The molecule has 1 aromatic heterocycles. The fourth-order valence-electron chi connectivity index (χ4n) is 3.83. The number of aryl methyl sites for hydroxylation is 1. The van der Waals surface area contributed by atoms with Crippen molar-refractivity contribution in [2.75, 3.05) is 7.11 Å². The lowest BCUT2D eigenvalue weighted by Gasteiger charge is -2.53. The van der Waals surface area contributed by atoms with Crippen molar-refractivity contribution in [2.24, 2.45) is 5.41 Å². The number of aromatic nitrogens is 4. The van der Waals surface area contributed by atoms with Crippen LogP contribution in [0.5, 0.6) is 0 Å². The molecular weight excluding hydrogens is 446 g/mol. The number of fused-ring (bicyclic) bond motifs is 1. The molecule has 1 N–H and O–H groups in total. The number of thiocarbonyl (C=S) groups is 1. The van der Waals surface area contributed by atoms with Crippen LogP contribution in [0.15, 0.2) is 11.3 Å². The summed E-state index contributed by atoms with van der Waals surface area (Å²) >= 11 is 5.37. The molecule has 1 aromatic rings. The highest BCUT2D eigenvalue weighted by molar-refractivity contribution is 7.93. The van der Waals surface area contributed by atoms with Crippen LogP contribution >= 0.6 is 12.2 Å². The molecule has 3 heterocycles. The summed E-state index contributed by atoms with van der Waals surface area (Å²) in [7, 11) is -2.62. The Hall–Kier alpha value is -2.25. The number of carboxylic acids is 1. The second-order valence-electron chi connectivity index (χ2n) is 8.59. The van der Waals surface area contributed by atoms with Crippen molar-refractivity contribution in [3.8, 4) is 0 Å². The number of aliphatic carboxylic acids is 1. The molecule has 1 saturated heterocycles. The standard InChI is InChI=1S/C18H25N5O6S2/c1-9-11(14(26)18(2,3)4)23-16(30)12(29-5)17(23)31(27,28)13(9)15-19-20-21-22(15)8-6-7-10(24)25/h12-13,17H,6-8H2,1-5H3,(H,24,25)/t12-,13?,17+/m0/s1. The average Bonchev–Trinajstić information content (AvgIpc) is 3.08. The molecule has 2 aliphatic rings. The van der Waals surface area contributed by atoms with E-state index < -0.39 is 37.9 Å². The maximum atomic E-state index is 13.6. The number of sulfone groups is 1. The summed E-state index contributed by atoms with van der Waals surface area (Å²) in [5.74, 6) is -1.19. The van der Waals surface area contributed by atoms with Crippen molar-refractivity contribution in [3.63, 3.8) is 0 Å². The monoisotopic (exact) mass is 471 g/mol. The van der Waals surface area contributed by atoms with Gasteiger partial charge in [0.15, 0.2) is 26.8 Å². The van der Waals surface area contributed by atoms with Gasteiger partial charge in [0, 0.05) is 25.5 Å². The molecule has 0 saturated carbocycles. The van der Waals surface area contributed by atoms with Gasteiger partial charge in [-0.1, -0.05) is 33.0 Å². The van der Waals surface area contributed by atoms with Gasteiger partial charge in [-0.05, 0) is 29.3 Å². The number of Topliss-reactive ketones (excluding diaryl/α,β-unsaturated/α-hetero) is 1. The fourth-order valence-corrected chi connectivity index (χ4v) is 6.86. The molecule has 1 fully saturated rings. The van der Waals surface area contributed by atoms with Crippen molar-refractivity contribution in [1.82, 2.24) is 25.1 Å². The summed E-state index contributed by atoms with van der Waals surface area (Å²) in [6.45, 7) is 6.92. The van der Waals surface area contributed by atoms with E-state index >= 15 is 0 Å². The smallest absolute Gasteiger partial charge is 0.303 e. The molecule has 3 rings (SSSR count). The first-order valence-corrected chi connectivity index (χ1v) is 11.7. The molecule has 0 radical (unpaired) electrons. The Labute approximate surface area is 185 Å². The van der Waals surface area contributed by atoms with E-state index in [-0.39, 0.29) is 47.3 Å². The lowest BCUT2D eigenvalue weighted by atomic mass is 9.85. The minimum absolute atomic E-state index is 0.0365. The summed E-state index contributed by atoms with van der Waals surface area (Å²) in [5, 5.41) is 17.8. The predicted molar refractivity (Wildman–Crippen MR) is 113 cm³/mol. The van der Waals surface area contributed by atoms with Crippen LogP contribution in [-0.2, 0) is 30.7 Å². The van der Waals surface area contributed by atoms with Gasteiger partial charge in [-0.25, -0.2) is 13.1 Å². The molecular formula is C18H25N5O6S2. The Morgan fingerprint density at radius 1 is 1.29 bits per heavy atom. The van der Waals surface area contributed by atoms with Crippen molar-refractivity contribution < 1.29 is 27.9 Å². The van der Waals surface area contributed by atoms with Crippen molar-refractivity contribution in [1.29, 1.82) is 0 Å². The van der Waals surface area contributed by atoms with E-state index in [0.29, 0.717) is 0 Å². The number of rotatable bonds is 7. The molecule has 170 valence electrons. The summed E-state index contributed by atoms with van der Waals surface area (Å²) in [6.07, 6.45) is -0.762. The molecule has 3 atom stereocenters. The zero-order chi connectivity index (χ0) is 23.3. The molecule has 0 bridgehead atoms. The Morgan fingerprint density at radius 2 is 1.94 bits per heavy atom. The predicted octanol–water partition coefficient (Wildman–Crippen LogP) is 0.881. The van der Waals surface area contributed by atoms with Crippen LogP contribution in [0.4, 0.5) is 0 Å². The van der Waals surface area contributed by atoms with E-state index in [1.165, 1.54) is 16.7 Å². The number of carboxylic acid groups (broad SMARTS) is 1. The van der Waals surface area contributed by atoms with E-state index in [1.807, 2.05) is 0 Å². The third-order valence-electron chi connectivity index (χ3n) is 5.37. The van der Waals surface area contributed by atoms with Gasteiger partial charge in [0.1, 0.15) is 16.3 Å². The number of allylic oxidation sites excluding steroid dienone is 1. The highest BCUT2D eigenvalue weighted by Gasteiger charge is 2.62. The maximum absolute atomic E-state index is 13.6. The number of ketones is 1. The van der Waals surface area contributed by atoms with Gasteiger partial charge in [-0.2, -0.15) is 0 Å². The van der Waals surface area contributed by atoms with Crippen LogP contribution in [0, 0.1) is 5.41 Å². The van der Waals surface area contributed by atoms with Crippen molar-refractivity contribution in [2.45, 2.75) is 63.8 Å². The van der Waals surface area contributed by atoms with Gasteiger partial charge < -0.3 is 14.7 Å². The second kappa shape index (κ2) is 8.02. The van der Waals surface area contributed by atoms with Crippen LogP contribution in [-0.4, -0.2) is 74.0 Å². The summed E-state index contributed by atoms with van der Waals surface area (Å²) in [5.41, 5.74) is -0.286. The lowest BCUT2D eigenvalue weighted by Crippen LogP contribution is -2.70. The fraction of sp³-hybridized carbons (Fsp3) is 0.667. The number of hydrogen-bond acceptors (Lipinski definition) is 9. The average molecular weight is 472 g/mol. The normalized spacial score (nSPS) is 25.3. The van der Waals surface area contributed by atoms with E-state index in [1.54, 1.807) is 27.7 Å². The third-order valence-corrected chi connectivity index (χ3v) is 8.15. The van der Waals surface area contributed by atoms with Crippen LogP contribution in [0.25, 0.3) is 0 Å². The minimum atomic E-state index is -3.98. The van der Waals surface area contributed by atoms with Crippen LogP contribution in [0.3, 0.4) is 0 Å². The Kier molecular flexibility index (Phi) is 6.06. The van der Waals surface area contributed by atoms with Crippen LogP contribution in [0.1, 0.15) is 51.6 Å². The van der Waals surface area contributed by atoms with E-state index in [4.69, 9.17) is 22.1 Å².